The van der Waals surface area contributed by atoms with E-state index in [9.17, 15) is 0 Å². The predicted molar refractivity (Wildman–Crippen MR) is 98.8 cm³/mol. The van der Waals surface area contributed by atoms with Crippen molar-refractivity contribution in [3.05, 3.63) is 60.3 Å². The van der Waals surface area contributed by atoms with Crippen LogP contribution in [-0.2, 0) is 0 Å². The van der Waals surface area contributed by atoms with Crippen LogP contribution in [0.15, 0.2) is 53.9 Å². The predicted octanol–water partition coefficient (Wildman–Crippen LogP) is 6.96. The molecule has 0 aromatic rings. The lowest BCUT2D eigenvalue weighted by Crippen LogP contribution is -2.12. The van der Waals surface area contributed by atoms with E-state index in [1.54, 1.807) is 11.1 Å². The first-order chi connectivity index (χ1) is 10.7. The highest BCUT2D eigenvalue weighted by Gasteiger charge is 2.33. The van der Waals surface area contributed by atoms with E-state index in [4.69, 9.17) is 0 Å². The third kappa shape index (κ3) is 2.68. The first-order valence-electron chi connectivity index (χ1n) is 8.33. The molecule has 0 spiro atoms. The minimum Gasteiger partial charge on any atom is -0.0973 e. The molecule has 0 amide bonds. The first kappa shape index (κ1) is 14.9. The third-order valence-electron chi connectivity index (χ3n) is 5.12. The van der Waals surface area contributed by atoms with E-state index in [-0.39, 0.29) is 0 Å². The maximum absolute atomic E-state index is 3.73. The van der Waals surface area contributed by atoms with Crippen LogP contribution in [0.3, 0.4) is 0 Å². The van der Waals surface area contributed by atoms with Gasteiger partial charge in [-0.15, -0.1) is 0 Å². The molecule has 4 aliphatic rings. The third-order valence-corrected chi connectivity index (χ3v) is 6.03. The summed E-state index contributed by atoms with van der Waals surface area (Å²) in [5.41, 5.74) is 16.1. The Morgan fingerprint density at radius 2 is 1.45 bits per heavy atom. The highest BCUT2D eigenvalue weighted by Crippen LogP contribution is 2.45. The first-order valence-corrected chi connectivity index (χ1v) is 9.91. The fourth-order valence-corrected chi connectivity index (χ4v) is 5.10. The summed E-state index contributed by atoms with van der Waals surface area (Å²) < 4.78 is 2.30. The summed E-state index contributed by atoms with van der Waals surface area (Å²) in [6.07, 6.45) is 13.5. The summed E-state index contributed by atoms with van der Waals surface area (Å²) in [5.74, 6) is 0. The van der Waals surface area contributed by atoms with Gasteiger partial charge in [0, 0.05) is 17.3 Å². The fourth-order valence-electron chi connectivity index (χ4n) is 4.09. The lowest BCUT2D eigenvalue weighted by molar-refractivity contribution is 0.659. The summed E-state index contributed by atoms with van der Waals surface area (Å²) in [6, 6.07) is 0. The molecule has 112 valence electrons. The smallest absolute Gasteiger partial charge is 0.0973 e. The van der Waals surface area contributed by atoms with Gasteiger partial charge >= 0.3 is 0 Å². The van der Waals surface area contributed by atoms with Gasteiger partial charge in [-0.25, -0.2) is 0 Å². The van der Waals surface area contributed by atoms with Crippen LogP contribution in [0.5, 0.6) is 0 Å². The summed E-state index contributed by atoms with van der Waals surface area (Å²) in [7, 11) is 0. The number of halogens is 2. The van der Waals surface area contributed by atoms with E-state index >= 15 is 0 Å². The molecule has 0 saturated carbocycles. The van der Waals surface area contributed by atoms with Crippen molar-refractivity contribution < 1.29 is 0 Å². The molecule has 4 aliphatic carbocycles. The van der Waals surface area contributed by atoms with Gasteiger partial charge in [-0.2, -0.15) is 0 Å². The van der Waals surface area contributed by atoms with Crippen LogP contribution < -0.4 is 0 Å². The quantitative estimate of drug-likeness (QED) is 0.319. The summed E-state index contributed by atoms with van der Waals surface area (Å²) in [5, 5.41) is 0. The average Bonchev–Trinajstić information content (AvgIpc) is 2.53. The van der Waals surface area contributed by atoms with Crippen molar-refractivity contribution in [2.75, 3.05) is 0 Å². The Morgan fingerprint density at radius 1 is 0.773 bits per heavy atom. The Morgan fingerprint density at radius 3 is 2.32 bits per heavy atom. The molecule has 0 aliphatic heterocycles. The number of hydrogen-bond donors (Lipinski definition) is 0. The zero-order valence-electron chi connectivity index (χ0n) is 12.7. The van der Waals surface area contributed by atoms with E-state index in [0.29, 0.717) is 0 Å². The molecule has 2 heteroatoms. The Bertz CT molecular complexity index is 666. The van der Waals surface area contributed by atoms with Gasteiger partial charge in [0.1, 0.15) is 0 Å². The highest BCUT2D eigenvalue weighted by atomic mass is 79.9. The van der Waals surface area contributed by atoms with Gasteiger partial charge in [-0.3, -0.25) is 0 Å². The lowest BCUT2D eigenvalue weighted by Gasteiger charge is -2.25. The second-order valence-corrected chi connectivity index (χ2v) is 8.39. The van der Waals surface area contributed by atoms with Gasteiger partial charge in [-0.05, 0) is 82.4 Å². The second-order valence-electron chi connectivity index (χ2n) is 6.57. The van der Waals surface area contributed by atoms with Crippen molar-refractivity contribution in [2.45, 2.75) is 57.8 Å². The van der Waals surface area contributed by atoms with Crippen molar-refractivity contribution in [3.63, 3.8) is 0 Å². The monoisotopic (exact) mass is 417 g/mol. The zero-order chi connectivity index (χ0) is 15.1. The standard InChI is InChI=1S/C20H19Br2/c21-15-9-13-5-1-3-7-17(13)19(11-15)20-12-16(22)10-14-6-2-4-8-18(14)20/h9H,1-8,10H2/q+1. The maximum atomic E-state index is 3.73. The molecular weight excluding hydrogens is 400 g/mol. The topological polar surface area (TPSA) is 0 Å². The molecule has 0 fully saturated rings. The molecular formula is C20H19Br2+. The SMILES string of the molecule is BrC1=C=C(C2=C=C(Br)CC3=C2CCCC3)C2=C([CH+]1)CCCC2. The van der Waals surface area contributed by atoms with Crippen molar-refractivity contribution in [2.24, 2.45) is 0 Å². The van der Waals surface area contributed by atoms with Crippen LogP contribution in [0.4, 0.5) is 0 Å². The van der Waals surface area contributed by atoms with Crippen molar-refractivity contribution in [1.29, 1.82) is 0 Å². The highest BCUT2D eigenvalue weighted by molar-refractivity contribution is 9.12. The van der Waals surface area contributed by atoms with Crippen LogP contribution in [0, 0.1) is 6.42 Å². The Kier molecular flexibility index (Phi) is 4.13. The summed E-state index contributed by atoms with van der Waals surface area (Å²) in [4.78, 5) is 0. The number of hydrogen-bond acceptors (Lipinski definition) is 0. The summed E-state index contributed by atoms with van der Waals surface area (Å²) >= 11 is 7.41. The van der Waals surface area contributed by atoms with Gasteiger partial charge in [0.2, 0.25) is 0 Å². The lowest BCUT2D eigenvalue weighted by atomic mass is 9.75. The van der Waals surface area contributed by atoms with Gasteiger partial charge in [0.05, 0.1) is 28.9 Å². The van der Waals surface area contributed by atoms with E-state index < -0.39 is 0 Å². The van der Waals surface area contributed by atoms with Gasteiger partial charge in [0.25, 0.3) is 0 Å². The molecule has 0 radical (unpaired) electrons. The number of allylic oxidation sites excluding steroid dienone is 6. The molecule has 0 atom stereocenters. The minimum absolute atomic E-state index is 1.06. The van der Waals surface area contributed by atoms with Gasteiger partial charge < -0.3 is 0 Å². The van der Waals surface area contributed by atoms with Crippen LogP contribution in [-0.4, -0.2) is 0 Å². The zero-order valence-corrected chi connectivity index (χ0v) is 15.9. The fraction of sp³-hybridized carbons (Fsp3) is 0.450. The number of rotatable bonds is 1. The van der Waals surface area contributed by atoms with E-state index in [1.807, 2.05) is 0 Å². The normalized spacial score (nSPS) is 24.6. The molecule has 0 aromatic carbocycles. The van der Waals surface area contributed by atoms with Crippen LogP contribution in [0.2, 0.25) is 0 Å². The average molecular weight is 419 g/mol. The molecule has 0 N–H and O–H groups in total. The molecule has 22 heavy (non-hydrogen) atoms. The minimum atomic E-state index is 1.06. The maximum Gasteiger partial charge on any atom is 0.181 e. The van der Waals surface area contributed by atoms with E-state index in [0.717, 1.165) is 10.9 Å². The molecule has 4 rings (SSSR count). The second kappa shape index (κ2) is 6.10. The van der Waals surface area contributed by atoms with Gasteiger partial charge in [-0.1, -0.05) is 11.3 Å². The molecule has 0 aromatic heterocycles. The molecule has 0 bridgehead atoms. The Hall–Kier alpha value is -0.650. The molecule has 0 saturated heterocycles. The summed E-state index contributed by atoms with van der Waals surface area (Å²) in [6.45, 7) is 0. The largest absolute Gasteiger partial charge is 0.181 e. The van der Waals surface area contributed by atoms with Crippen LogP contribution >= 0.6 is 31.9 Å². The molecule has 0 heterocycles. The Balaban J connectivity index is 1.89. The van der Waals surface area contributed by atoms with Crippen LogP contribution in [0.25, 0.3) is 0 Å². The van der Waals surface area contributed by atoms with Gasteiger partial charge in [0.15, 0.2) is 10.1 Å². The van der Waals surface area contributed by atoms with E-state index in [1.165, 1.54) is 78.1 Å². The molecule has 0 unspecified atom stereocenters. The van der Waals surface area contributed by atoms with Crippen molar-refractivity contribution in [1.82, 2.24) is 0 Å². The van der Waals surface area contributed by atoms with Crippen LogP contribution in [0.1, 0.15) is 57.8 Å². The van der Waals surface area contributed by atoms with Crippen molar-refractivity contribution in [3.8, 4) is 0 Å². The van der Waals surface area contributed by atoms with Crippen molar-refractivity contribution >= 4 is 31.9 Å². The van der Waals surface area contributed by atoms with E-state index in [2.05, 4.69) is 49.7 Å². The Labute approximate surface area is 149 Å². The molecule has 0 nitrogen and oxygen atoms in total.